The summed E-state index contributed by atoms with van der Waals surface area (Å²) in [7, 11) is 1.62. The summed E-state index contributed by atoms with van der Waals surface area (Å²) < 4.78 is 7.26. The molecular formula is C29H30N5O4S+. The predicted octanol–water partition coefficient (Wildman–Crippen LogP) is 4.60. The van der Waals surface area contributed by atoms with Crippen LogP contribution in [-0.2, 0) is 10.2 Å². The van der Waals surface area contributed by atoms with Crippen LogP contribution in [0.2, 0.25) is 0 Å². The smallest absolute Gasteiger partial charge is 0.342 e. The highest BCUT2D eigenvalue weighted by Crippen LogP contribution is 2.26. The molecule has 0 spiro atoms. The van der Waals surface area contributed by atoms with E-state index in [0.717, 1.165) is 22.8 Å². The molecular weight excluding hydrogens is 514 g/mol. The van der Waals surface area contributed by atoms with Crippen LogP contribution in [0.3, 0.4) is 0 Å². The second-order valence-corrected chi connectivity index (χ2v) is 10.6. The molecule has 0 saturated carbocycles. The van der Waals surface area contributed by atoms with Crippen molar-refractivity contribution in [3.05, 3.63) is 89.5 Å². The number of carbonyl (C=O) groups excluding carboxylic acids is 1. The van der Waals surface area contributed by atoms with E-state index in [4.69, 9.17) is 4.74 Å². The molecule has 1 amide bonds. The minimum absolute atomic E-state index is 0.0328. The number of methoxy groups -OCH3 is 1. The quantitative estimate of drug-likeness (QED) is 0.123. The summed E-state index contributed by atoms with van der Waals surface area (Å²) in [4.78, 5) is 23.9. The van der Waals surface area contributed by atoms with Gasteiger partial charge >= 0.3 is 11.1 Å². The van der Waals surface area contributed by atoms with Gasteiger partial charge in [-0.1, -0.05) is 51.1 Å². The van der Waals surface area contributed by atoms with Crippen LogP contribution in [0.1, 0.15) is 42.3 Å². The number of aromatic amines is 1. The Balaban J connectivity index is 1.55. The molecule has 0 radical (unpaired) electrons. The molecule has 1 aromatic heterocycles. The molecule has 200 valence electrons. The Morgan fingerprint density at radius 1 is 1.08 bits per heavy atom. The molecule has 3 N–H and O–H groups in total. The Kier molecular flexibility index (Phi) is 8.46. The van der Waals surface area contributed by atoms with E-state index in [0.29, 0.717) is 10.7 Å². The van der Waals surface area contributed by atoms with Gasteiger partial charge in [-0.3, -0.25) is 4.79 Å². The zero-order chi connectivity index (χ0) is 28.0. The summed E-state index contributed by atoms with van der Waals surface area (Å²) in [6, 6.07) is 22.3. The molecule has 0 atom stereocenters. The third-order valence-corrected chi connectivity index (χ3v) is 6.88. The Morgan fingerprint density at radius 3 is 2.41 bits per heavy atom. The molecule has 0 unspecified atom stereocenters. The van der Waals surface area contributed by atoms with Crippen LogP contribution < -0.4 is 14.7 Å². The van der Waals surface area contributed by atoms with Crippen molar-refractivity contribution in [2.45, 2.75) is 31.3 Å². The van der Waals surface area contributed by atoms with Gasteiger partial charge in [0.2, 0.25) is 0 Å². The number of aromatic carboxylic acids is 1. The van der Waals surface area contributed by atoms with E-state index in [2.05, 4.69) is 65.8 Å². The number of amides is 1. The number of ether oxygens (including phenoxy) is 1. The molecule has 4 aromatic rings. The molecule has 3 aromatic carbocycles. The maximum atomic E-state index is 12.5. The first-order chi connectivity index (χ1) is 18.7. The molecule has 39 heavy (non-hydrogen) atoms. The van der Waals surface area contributed by atoms with Crippen molar-refractivity contribution in [2.75, 3.05) is 12.9 Å². The number of hydrogen-bond acceptors (Lipinski definition) is 6. The SMILES string of the molecule is COc1ccc(-[n+]2c(SCC(=O)N/N=C/c3ccccc3C(=O)O)n[nH]c2-c2ccc(C(C)(C)C)cc2)cc1. The molecule has 1 heterocycles. The fourth-order valence-electron chi connectivity index (χ4n) is 3.83. The maximum Gasteiger partial charge on any atom is 0.342 e. The third-order valence-electron chi connectivity index (χ3n) is 5.94. The van der Waals surface area contributed by atoms with E-state index >= 15 is 0 Å². The highest BCUT2D eigenvalue weighted by molar-refractivity contribution is 7.99. The van der Waals surface area contributed by atoms with E-state index in [-0.39, 0.29) is 22.6 Å². The Hall–Kier alpha value is -4.44. The number of aromatic nitrogens is 3. The lowest BCUT2D eigenvalue weighted by molar-refractivity contribution is -0.625. The summed E-state index contributed by atoms with van der Waals surface area (Å²) in [5.74, 6) is 0.122. The van der Waals surface area contributed by atoms with Crippen molar-refractivity contribution in [3.63, 3.8) is 0 Å². The van der Waals surface area contributed by atoms with E-state index in [1.54, 1.807) is 25.3 Å². The minimum atomic E-state index is -1.07. The number of H-pyrrole nitrogens is 1. The number of rotatable bonds is 9. The van der Waals surface area contributed by atoms with Crippen molar-refractivity contribution >= 4 is 29.9 Å². The van der Waals surface area contributed by atoms with Crippen LogP contribution in [-0.4, -0.2) is 46.3 Å². The molecule has 9 nitrogen and oxygen atoms in total. The van der Waals surface area contributed by atoms with Gasteiger partial charge in [-0.25, -0.2) is 10.2 Å². The monoisotopic (exact) mass is 544 g/mol. The van der Waals surface area contributed by atoms with Crippen LogP contribution in [0.15, 0.2) is 83.1 Å². The first-order valence-corrected chi connectivity index (χ1v) is 13.2. The van der Waals surface area contributed by atoms with Crippen LogP contribution in [0, 0.1) is 0 Å². The van der Waals surface area contributed by atoms with Gasteiger partial charge in [0, 0.05) is 5.56 Å². The molecule has 0 bridgehead atoms. The highest BCUT2D eigenvalue weighted by Gasteiger charge is 2.25. The largest absolute Gasteiger partial charge is 0.497 e. The first kappa shape index (κ1) is 27.6. The van der Waals surface area contributed by atoms with E-state index in [1.165, 1.54) is 29.6 Å². The lowest BCUT2D eigenvalue weighted by atomic mass is 9.87. The van der Waals surface area contributed by atoms with Gasteiger partial charge in [0.05, 0.1) is 35.3 Å². The molecule has 0 aliphatic heterocycles. The standard InChI is InChI=1S/C29H29N5O4S/c1-29(2,3)21-11-9-19(10-12-21)26-32-33-28(34(26)22-13-15-23(38-4)16-14-22)39-18-25(35)31-30-17-20-7-5-6-8-24(20)27(36)37/h5-17H,18H2,1-4H3,(H2,31,35,36,37)/p+1/b30-17+. The summed E-state index contributed by atoms with van der Waals surface area (Å²) in [6.45, 7) is 6.51. The van der Waals surface area contributed by atoms with E-state index < -0.39 is 5.97 Å². The number of nitrogens with one attached hydrogen (secondary N) is 2. The number of hydrazone groups is 1. The number of thioether (sulfide) groups is 1. The Labute approximate surface area is 230 Å². The molecule has 0 fully saturated rings. The van der Waals surface area contributed by atoms with Gasteiger partial charge in [-0.15, -0.1) is 5.10 Å². The second-order valence-electron chi connectivity index (χ2n) is 9.69. The zero-order valence-electron chi connectivity index (χ0n) is 22.1. The normalized spacial score (nSPS) is 11.5. The predicted molar refractivity (Wildman–Crippen MR) is 151 cm³/mol. The van der Waals surface area contributed by atoms with Gasteiger partial charge < -0.3 is 9.84 Å². The molecule has 0 aliphatic rings. The van der Waals surface area contributed by atoms with Crippen LogP contribution in [0.5, 0.6) is 5.75 Å². The van der Waals surface area contributed by atoms with Gasteiger partial charge in [-0.2, -0.15) is 9.67 Å². The van der Waals surface area contributed by atoms with Crippen molar-refractivity contribution in [3.8, 4) is 22.8 Å². The maximum absolute atomic E-state index is 12.5. The fourth-order valence-corrected chi connectivity index (χ4v) is 4.59. The zero-order valence-corrected chi connectivity index (χ0v) is 23.0. The number of hydrogen-bond donors (Lipinski definition) is 3. The average Bonchev–Trinajstić information content (AvgIpc) is 3.35. The highest BCUT2D eigenvalue weighted by atomic mass is 32.2. The number of carbonyl (C=O) groups is 2. The van der Waals surface area contributed by atoms with Crippen molar-refractivity contribution in [2.24, 2.45) is 5.10 Å². The lowest BCUT2D eigenvalue weighted by Gasteiger charge is -2.18. The molecule has 4 rings (SSSR count). The molecule has 0 aliphatic carbocycles. The third kappa shape index (κ3) is 6.71. The van der Waals surface area contributed by atoms with Crippen molar-refractivity contribution in [1.82, 2.24) is 15.6 Å². The van der Waals surface area contributed by atoms with E-state index in [1.807, 2.05) is 28.8 Å². The average molecular weight is 545 g/mol. The Morgan fingerprint density at radius 2 is 1.77 bits per heavy atom. The number of nitrogens with zero attached hydrogens (tertiary/aromatic N) is 3. The summed E-state index contributed by atoms with van der Waals surface area (Å²) in [5, 5.41) is 21.4. The van der Waals surface area contributed by atoms with Crippen LogP contribution in [0.25, 0.3) is 17.1 Å². The minimum Gasteiger partial charge on any atom is -0.497 e. The van der Waals surface area contributed by atoms with E-state index in [9.17, 15) is 14.7 Å². The van der Waals surface area contributed by atoms with Crippen LogP contribution >= 0.6 is 11.8 Å². The van der Waals surface area contributed by atoms with Crippen LogP contribution in [0.4, 0.5) is 0 Å². The van der Waals surface area contributed by atoms with Gasteiger partial charge in [0.15, 0.2) is 0 Å². The summed E-state index contributed by atoms with van der Waals surface area (Å²) >= 11 is 1.25. The summed E-state index contributed by atoms with van der Waals surface area (Å²) in [6.07, 6.45) is 1.32. The number of carboxylic acid groups (broad SMARTS) is 1. The number of benzene rings is 3. The fraction of sp³-hybridized carbons (Fsp3) is 0.207. The lowest BCUT2D eigenvalue weighted by Crippen LogP contribution is -2.34. The first-order valence-electron chi connectivity index (χ1n) is 12.2. The van der Waals surface area contributed by atoms with Gasteiger partial charge in [-0.05, 0) is 65.2 Å². The van der Waals surface area contributed by atoms with Gasteiger partial charge in [0.25, 0.3) is 11.7 Å². The van der Waals surface area contributed by atoms with Gasteiger partial charge in [0.1, 0.15) is 11.4 Å². The topological polar surface area (TPSA) is 121 Å². The second kappa shape index (κ2) is 12.0. The van der Waals surface area contributed by atoms with Crippen molar-refractivity contribution in [1.29, 1.82) is 0 Å². The number of carboxylic acids is 1. The van der Waals surface area contributed by atoms with Crippen molar-refractivity contribution < 1.29 is 24.0 Å². The molecule has 0 saturated heterocycles. The molecule has 10 heteroatoms. The summed E-state index contributed by atoms with van der Waals surface area (Å²) in [5.41, 5.74) is 6.00. The Bertz CT molecular complexity index is 1490.